The summed E-state index contributed by atoms with van der Waals surface area (Å²) in [5, 5.41) is 1.14. The molecule has 4 heteroatoms. The van der Waals surface area contributed by atoms with Crippen LogP contribution in [0.1, 0.15) is 19.8 Å². The van der Waals surface area contributed by atoms with E-state index in [1.165, 1.54) is 0 Å². The zero-order valence-corrected chi connectivity index (χ0v) is 8.88. The Morgan fingerprint density at radius 1 is 1.67 bits per heavy atom. The first-order chi connectivity index (χ1) is 5.84. The molecule has 1 aliphatic rings. The van der Waals surface area contributed by atoms with Crippen molar-refractivity contribution in [1.82, 2.24) is 0 Å². The molecule has 0 bridgehead atoms. The van der Waals surface area contributed by atoms with Crippen molar-refractivity contribution in [2.24, 2.45) is 0 Å². The minimum atomic E-state index is -0.0153. The first kappa shape index (κ1) is 10.3. The molecule has 0 aromatic heterocycles. The molecule has 1 aliphatic heterocycles. The number of esters is 1. The number of hydrogen-bond acceptors (Lipinski definition) is 4. The zero-order valence-electron chi connectivity index (χ0n) is 7.25. The minimum Gasteiger partial charge on any atom is -0.465 e. The normalized spacial score (nSPS) is 22.6. The van der Waals surface area contributed by atoms with Crippen LogP contribution in [0.2, 0.25) is 0 Å². The smallest absolute Gasteiger partial charge is 0.319 e. The second-order valence-electron chi connectivity index (χ2n) is 2.67. The summed E-state index contributed by atoms with van der Waals surface area (Å²) in [6.07, 6.45) is 2.07. The first-order valence-electron chi connectivity index (χ1n) is 4.20. The molecule has 1 saturated heterocycles. The molecule has 1 rings (SSSR count). The van der Waals surface area contributed by atoms with Crippen LogP contribution in [0.3, 0.4) is 0 Å². The summed E-state index contributed by atoms with van der Waals surface area (Å²) in [6, 6.07) is 0. The predicted molar refractivity (Wildman–Crippen MR) is 54.6 cm³/mol. The highest BCUT2D eigenvalue weighted by molar-refractivity contribution is 8.19. The topological polar surface area (TPSA) is 26.3 Å². The SMILES string of the molecule is CCCCOC(=O)C1CSCS1. The van der Waals surface area contributed by atoms with Crippen LogP contribution < -0.4 is 0 Å². The van der Waals surface area contributed by atoms with E-state index in [0.717, 1.165) is 23.7 Å². The van der Waals surface area contributed by atoms with Crippen LogP contribution >= 0.6 is 23.5 Å². The highest BCUT2D eigenvalue weighted by atomic mass is 32.2. The van der Waals surface area contributed by atoms with E-state index in [4.69, 9.17) is 4.74 Å². The fourth-order valence-electron chi connectivity index (χ4n) is 0.880. The van der Waals surface area contributed by atoms with Gasteiger partial charge in [-0.25, -0.2) is 0 Å². The van der Waals surface area contributed by atoms with Gasteiger partial charge in [-0.2, -0.15) is 0 Å². The van der Waals surface area contributed by atoms with Crippen LogP contribution in [0.15, 0.2) is 0 Å². The molecule has 0 N–H and O–H groups in total. The number of thioether (sulfide) groups is 2. The maximum atomic E-state index is 11.3. The maximum absolute atomic E-state index is 11.3. The number of unbranched alkanes of at least 4 members (excludes halogenated alkanes) is 1. The Kier molecular flexibility index (Phi) is 4.92. The Labute approximate surface area is 81.8 Å². The van der Waals surface area contributed by atoms with Gasteiger partial charge in [0.2, 0.25) is 0 Å². The number of hydrogen-bond donors (Lipinski definition) is 0. The molecule has 0 aromatic carbocycles. The number of carbonyl (C=O) groups is 1. The summed E-state index contributed by atoms with van der Waals surface area (Å²) in [6.45, 7) is 2.69. The fourth-order valence-corrected chi connectivity index (χ4v) is 3.53. The Hall–Kier alpha value is 0.170. The predicted octanol–water partition coefficient (Wildman–Crippen LogP) is 2.14. The summed E-state index contributed by atoms with van der Waals surface area (Å²) < 4.78 is 5.09. The van der Waals surface area contributed by atoms with Crippen molar-refractivity contribution < 1.29 is 9.53 Å². The van der Waals surface area contributed by atoms with Crippen molar-refractivity contribution >= 4 is 29.5 Å². The number of carbonyl (C=O) groups excluding carboxylic acids is 1. The molecule has 2 nitrogen and oxygen atoms in total. The molecule has 0 amide bonds. The third-order valence-corrected chi connectivity index (χ3v) is 4.38. The van der Waals surface area contributed by atoms with Gasteiger partial charge in [-0.1, -0.05) is 13.3 Å². The Bertz CT molecular complexity index is 144. The van der Waals surface area contributed by atoms with E-state index in [9.17, 15) is 4.79 Å². The van der Waals surface area contributed by atoms with Crippen LogP contribution in [0.5, 0.6) is 0 Å². The third kappa shape index (κ3) is 3.27. The zero-order chi connectivity index (χ0) is 8.81. The average molecular weight is 206 g/mol. The standard InChI is InChI=1S/C8H14O2S2/c1-2-3-4-10-8(9)7-5-11-6-12-7/h7H,2-6H2,1H3. The van der Waals surface area contributed by atoms with Gasteiger partial charge in [-0.05, 0) is 6.42 Å². The van der Waals surface area contributed by atoms with Crippen LogP contribution in [-0.2, 0) is 9.53 Å². The lowest BCUT2D eigenvalue weighted by Crippen LogP contribution is -2.20. The Morgan fingerprint density at radius 2 is 2.50 bits per heavy atom. The molecule has 1 atom stereocenters. The van der Waals surface area contributed by atoms with Crippen molar-refractivity contribution in [2.45, 2.75) is 25.0 Å². The average Bonchev–Trinajstić information content (AvgIpc) is 2.56. The maximum Gasteiger partial charge on any atom is 0.319 e. The Morgan fingerprint density at radius 3 is 3.08 bits per heavy atom. The van der Waals surface area contributed by atoms with E-state index >= 15 is 0 Å². The summed E-state index contributed by atoms with van der Waals surface area (Å²) in [7, 11) is 0. The number of ether oxygens (including phenoxy) is 1. The quantitative estimate of drug-likeness (QED) is 0.520. The lowest BCUT2D eigenvalue weighted by atomic mass is 10.4. The molecule has 12 heavy (non-hydrogen) atoms. The lowest BCUT2D eigenvalue weighted by Gasteiger charge is -2.07. The van der Waals surface area contributed by atoms with E-state index in [-0.39, 0.29) is 11.2 Å². The van der Waals surface area contributed by atoms with E-state index in [1.807, 2.05) is 11.8 Å². The monoisotopic (exact) mass is 206 g/mol. The molecule has 70 valence electrons. The largest absolute Gasteiger partial charge is 0.465 e. The fraction of sp³-hybridized carbons (Fsp3) is 0.875. The van der Waals surface area contributed by atoms with Gasteiger partial charge >= 0.3 is 5.97 Å². The minimum absolute atomic E-state index is 0.0153. The van der Waals surface area contributed by atoms with Crippen molar-refractivity contribution in [3.63, 3.8) is 0 Å². The van der Waals surface area contributed by atoms with Crippen molar-refractivity contribution in [1.29, 1.82) is 0 Å². The number of rotatable bonds is 4. The highest BCUT2D eigenvalue weighted by Crippen LogP contribution is 2.29. The van der Waals surface area contributed by atoms with Gasteiger partial charge in [-0.3, -0.25) is 4.79 Å². The molecule has 0 aromatic rings. The molecular weight excluding hydrogens is 192 g/mol. The van der Waals surface area contributed by atoms with E-state index in [2.05, 4.69) is 6.92 Å². The van der Waals surface area contributed by atoms with Gasteiger partial charge < -0.3 is 4.74 Å². The lowest BCUT2D eigenvalue weighted by molar-refractivity contribution is -0.142. The van der Waals surface area contributed by atoms with Gasteiger partial charge in [0.1, 0.15) is 5.25 Å². The molecule has 1 unspecified atom stereocenters. The third-order valence-electron chi connectivity index (χ3n) is 1.63. The molecule has 0 radical (unpaired) electrons. The van der Waals surface area contributed by atoms with Crippen molar-refractivity contribution in [2.75, 3.05) is 17.4 Å². The molecule has 1 heterocycles. The molecule has 0 spiro atoms. The van der Waals surface area contributed by atoms with Gasteiger partial charge in [0.05, 0.1) is 6.61 Å². The second kappa shape index (κ2) is 5.75. The van der Waals surface area contributed by atoms with Crippen LogP contribution in [0.4, 0.5) is 0 Å². The van der Waals surface area contributed by atoms with Crippen LogP contribution in [0, 0.1) is 0 Å². The molecule has 0 aliphatic carbocycles. The Balaban J connectivity index is 2.10. The first-order valence-corrected chi connectivity index (χ1v) is 6.41. The van der Waals surface area contributed by atoms with Crippen molar-refractivity contribution in [3.05, 3.63) is 0 Å². The van der Waals surface area contributed by atoms with Gasteiger partial charge in [0.25, 0.3) is 0 Å². The van der Waals surface area contributed by atoms with Crippen molar-refractivity contribution in [3.8, 4) is 0 Å². The molecular formula is C8H14O2S2. The molecule has 1 fully saturated rings. The van der Waals surface area contributed by atoms with Crippen LogP contribution in [0.25, 0.3) is 0 Å². The molecule has 0 saturated carbocycles. The highest BCUT2D eigenvalue weighted by Gasteiger charge is 2.24. The summed E-state index contributed by atoms with van der Waals surface area (Å²) in [5.41, 5.74) is 0. The van der Waals surface area contributed by atoms with E-state index in [0.29, 0.717) is 6.61 Å². The van der Waals surface area contributed by atoms with E-state index in [1.54, 1.807) is 11.8 Å². The van der Waals surface area contributed by atoms with Gasteiger partial charge in [-0.15, -0.1) is 23.5 Å². The van der Waals surface area contributed by atoms with E-state index < -0.39 is 0 Å². The summed E-state index contributed by atoms with van der Waals surface area (Å²) in [4.78, 5) is 11.3. The summed E-state index contributed by atoms with van der Waals surface area (Å²) >= 11 is 3.51. The van der Waals surface area contributed by atoms with Gasteiger partial charge in [0, 0.05) is 10.8 Å². The second-order valence-corrected chi connectivity index (χ2v) is 5.25. The van der Waals surface area contributed by atoms with Gasteiger partial charge in [0.15, 0.2) is 0 Å². The van der Waals surface area contributed by atoms with Crippen LogP contribution in [-0.4, -0.2) is 28.7 Å². The summed E-state index contributed by atoms with van der Waals surface area (Å²) in [5.74, 6) is 0.911.